The van der Waals surface area contributed by atoms with E-state index in [2.05, 4.69) is 29.8 Å². The molecule has 2 aromatic rings. The summed E-state index contributed by atoms with van der Waals surface area (Å²) < 4.78 is 5.37. The number of para-hydroxylation sites is 1. The zero-order chi connectivity index (χ0) is 28.0. The Bertz CT molecular complexity index is 1170. The van der Waals surface area contributed by atoms with Gasteiger partial charge in [0, 0.05) is 11.8 Å². The molecule has 0 spiro atoms. The molecule has 3 amide bonds. The van der Waals surface area contributed by atoms with E-state index in [0.29, 0.717) is 16.3 Å². The summed E-state index contributed by atoms with van der Waals surface area (Å²) in [6, 6.07) is 10.6. The van der Waals surface area contributed by atoms with E-state index in [1.54, 1.807) is 37.8 Å². The van der Waals surface area contributed by atoms with Crippen LogP contribution in [-0.2, 0) is 14.3 Å². The number of hydrogen-bond donors (Lipinski definition) is 3. The summed E-state index contributed by atoms with van der Waals surface area (Å²) in [5.74, 6) is -0.778. The van der Waals surface area contributed by atoms with Crippen molar-refractivity contribution in [3.8, 4) is 0 Å². The van der Waals surface area contributed by atoms with Gasteiger partial charge in [0.2, 0.25) is 5.91 Å². The molecule has 38 heavy (non-hydrogen) atoms. The Hall–Kier alpha value is -2.97. The number of rotatable bonds is 9. The van der Waals surface area contributed by atoms with Gasteiger partial charge in [-0.3, -0.25) is 9.59 Å². The number of alkyl carbamates (subject to hydrolysis) is 1. The van der Waals surface area contributed by atoms with Crippen LogP contribution >= 0.6 is 24.2 Å². The maximum absolute atomic E-state index is 14.1. The molecular formula is C29H36ClN3O4S. The molecule has 2 aromatic carbocycles. The highest BCUT2D eigenvalue weighted by atomic mass is 35.5. The maximum atomic E-state index is 14.1. The van der Waals surface area contributed by atoms with E-state index in [4.69, 9.17) is 16.3 Å². The highest BCUT2D eigenvalue weighted by Crippen LogP contribution is 2.36. The third-order valence-corrected chi connectivity index (χ3v) is 7.03. The van der Waals surface area contributed by atoms with E-state index in [9.17, 15) is 14.4 Å². The lowest BCUT2D eigenvalue weighted by Crippen LogP contribution is -2.57. The molecule has 2 unspecified atom stereocenters. The second kappa shape index (κ2) is 12.7. The molecule has 1 aliphatic rings. The van der Waals surface area contributed by atoms with Crippen molar-refractivity contribution >= 4 is 53.9 Å². The maximum Gasteiger partial charge on any atom is 0.408 e. The fourth-order valence-electron chi connectivity index (χ4n) is 4.27. The minimum Gasteiger partial charge on any atom is -0.444 e. The molecular weight excluding hydrogens is 522 g/mol. The van der Waals surface area contributed by atoms with Crippen LogP contribution in [0.2, 0.25) is 5.02 Å². The normalized spacial score (nSPS) is 15.0. The van der Waals surface area contributed by atoms with Crippen molar-refractivity contribution in [2.24, 2.45) is 0 Å². The highest BCUT2D eigenvalue weighted by Gasteiger charge is 2.42. The van der Waals surface area contributed by atoms with Crippen molar-refractivity contribution in [1.82, 2.24) is 10.2 Å². The third kappa shape index (κ3) is 7.32. The van der Waals surface area contributed by atoms with Crippen LogP contribution in [0.1, 0.15) is 62.8 Å². The molecule has 7 nitrogen and oxygen atoms in total. The Morgan fingerprint density at radius 2 is 1.89 bits per heavy atom. The number of ether oxygens (including phenoxy) is 1. The van der Waals surface area contributed by atoms with Crippen molar-refractivity contribution < 1.29 is 19.1 Å². The number of hydrogen-bond acceptors (Lipinski definition) is 5. The van der Waals surface area contributed by atoms with Gasteiger partial charge >= 0.3 is 6.09 Å². The van der Waals surface area contributed by atoms with E-state index < -0.39 is 35.6 Å². The number of nitrogens with zero attached hydrogens (tertiary/aromatic N) is 1. The molecule has 3 rings (SSSR count). The molecule has 2 atom stereocenters. The molecule has 204 valence electrons. The summed E-state index contributed by atoms with van der Waals surface area (Å²) in [7, 11) is 0. The quantitative estimate of drug-likeness (QED) is 0.321. The molecule has 0 heterocycles. The minimum atomic E-state index is -0.992. The van der Waals surface area contributed by atoms with Crippen LogP contribution in [-0.4, -0.2) is 46.2 Å². The second-order valence-electron chi connectivity index (χ2n) is 10.4. The van der Waals surface area contributed by atoms with E-state index >= 15 is 0 Å². The first-order valence-electron chi connectivity index (χ1n) is 12.7. The Morgan fingerprint density at radius 3 is 2.45 bits per heavy atom. The molecule has 0 radical (unpaired) electrons. The molecule has 1 saturated carbocycles. The van der Waals surface area contributed by atoms with E-state index in [-0.39, 0.29) is 11.8 Å². The molecule has 0 saturated heterocycles. The summed E-state index contributed by atoms with van der Waals surface area (Å²) in [5, 5.41) is 6.01. The van der Waals surface area contributed by atoms with Gasteiger partial charge in [0.15, 0.2) is 0 Å². The monoisotopic (exact) mass is 557 g/mol. The topological polar surface area (TPSA) is 87.7 Å². The van der Waals surface area contributed by atoms with Gasteiger partial charge in [-0.25, -0.2) is 4.79 Å². The number of anilines is 1. The van der Waals surface area contributed by atoms with Crippen molar-refractivity contribution in [1.29, 1.82) is 0 Å². The lowest BCUT2D eigenvalue weighted by atomic mass is 9.88. The van der Waals surface area contributed by atoms with Gasteiger partial charge in [-0.05, 0) is 75.8 Å². The summed E-state index contributed by atoms with van der Waals surface area (Å²) in [4.78, 5) is 42.2. The number of amides is 3. The van der Waals surface area contributed by atoms with Crippen LogP contribution in [0.25, 0.3) is 6.08 Å². The summed E-state index contributed by atoms with van der Waals surface area (Å²) in [6.07, 6.45) is 3.39. The Morgan fingerprint density at radius 1 is 1.21 bits per heavy atom. The van der Waals surface area contributed by atoms with Crippen molar-refractivity contribution in [2.45, 2.75) is 70.7 Å². The molecule has 0 aromatic heterocycles. The first-order valence-corrected chi connectivity index (χ1v) is 13.7. The number of carbonyl (C=O) groups is 3. The number of thiol groups is 1. The molecule has 2 N–H and O–H groups in total. The first kappa shape index (κ1) is 29.6. The van der Waals surface area contributed by atoms with E-state index in [0.717, 1.165) is 30.4 Å². The van der Waals surface area contributed by atoms with Gasteiger partial charge in [-0.1, -0.05) is 54.6 Å². The van der Waals surface area contributed by atoms with Crippen LogP contribution in [0.3, 0.4) is 0 Å². The lowest BCUT2D eigenvalue weighted by molar-refractivity contribution is -0.145. The number of nitrogens with one attached hydrogen (secondary N) is 2. The molecule has 1 aliphatic carbocycles. The largest absolute Gasteiger partial charge is 0.444 e. The number of halogens is 1. The minimum absolute atomic E-state index is 0.0337. The van der Waals surface area contributed by atoms with Crippen molar-refractivity contribution in [2.75, 3.05) is 11.1 Å². The fraction of sp³-hybridized carbons (Fsp3) is 0.414. The molecule has 9 heteroatoms. The zero-order valence-electron chi connectivity index (χ0n) is 22.3. The summed E-state index contributed by atoms with van der Waals surface area (Å²) in [6.45, 7) is 10.9. The van der Waals surface area contributed by atoms with E-state index in [1.807, 2.05) is 43.3 Å². The molecule has 1 fully saturated rings. The Kier molecular flexibility index (Phi) is 9.90. The van der Waals surface area contributed by atoms with Crippen molar-refractivity contribution in [3.63, 3.8) is 0 Å². The first-order chi connectivity index (χ1) is 17.9. The van der Waals surface area contributed by atoms with Crippen LogP contribution in [0.5, 0.6) is 0 Å². The van der Waals surface area contributed by atoms with Gasteiger partial charge in [-0.2, -0.15) is 12.6 Å². The third-order valence-electron chi connectivity index (χ3n) is 6.35. The zero-order valence-corrected chi connectivity index (χ0v) is 23.9. The van der Waals surface area contributed by atoms with Crippen molar-refractivity contribution in [3.05, 3.63) is 70.8 Å². The predicted molar refractivity (Wildman–Crippen MR) is 156 cm³/mol. The SMILES string of the molecule is C=Cc1cccc(C(C(=O)Nc2c(C)cccc2Cl)N(C(=O)C(CS)NC(=O)OC(C)(C)C)C2CCC2)c1. The van der Waals surface area contributed by atoms with Crippen LogP contribution in [0.4, 0.5) is 10.5 Å². The molecule has 0 bridgehead atoms. The van der Waals surface area contributed by atoms with Gasteiger partial charge in [0.05, 0.1) is 10.7 Å². The predicted octanol–water partition coefficient (Wildman–Crippen LogP) is 6.18. The van der Waals surface area contributed by atoms with Gasteiger partial charge in [0.25, 0.3) is 5.91 Å². The van der Waals surface area contributed by atoms with Gasteiger partial charge in [-0.15, -0.1) is 0 Å². The summed E-state index contributed by atoms with van der Waals surface area (Å²) >= 11 is 10.8. The number of benzene rings is 2. The van der Waals surface area contributed by atoms with E-state index in [1.165, 1.54) is 0 Å². The highest BCUT2D eigenvalue weighted by molar-refractivity contribution is 7.80. The molecule has 0 aliphatic heterocycles. The second-order valence-corrected chi connectivity index (χ2v) is 11.2. The average Bonchev–Trinajstić information content (AvgIpc) is 2.82. The van der Waals surface area contributed by atoms with Crippen LogP contribution in [0.15, 0.2) is 49.0 Å². The van der Waals surface area contributed by atoms with Crippen LogP contribution in [0, 0.1) is 6.92 Å². The Labute approximate surface area is 235 Å². The average molecular weight is 558 g/mol. The van der Waals surface area contributed by atoms with Crippen LogP contribution < -0.4 is 10.6 Å². The summed E-state index contributed by atoms with van der Waals surface area (Å²) in [5.41, 5.74) is 1.99. The standard InChI is InChI=1S/C29H36ClN3O4S/c1-6-19-11-8-12-20(16-19)25(26(34)32-24-18(2)10-7-15-22(24)30)33(21-13-9-14-21)27(35)23(17-38)31-28(36)37-29(3,4)5/h6-8,10-12,15-16,21,23,25,38H,1,9,13-14,17H2,2-5H3,(H,31,36)(H,32,34). The van der Waals surface area contributed by atoms with Gasteiger partial charge < -0.3 is 20.3 Å². The fourth-order valence-corrected chi connectivity index (χ4v) is 4.79. The lowest BCUT2D eigenvalue weighted by Gasteiger charge is -2.43. The Balaban J connectivity index is 2.04. The number of aryl methyl sites for hydroxylation is 1. The number of carbonyl (C=O) groups excluding carboxylic acids is 3. The van der Waals surface area contributed by atoms with Gasteiger partial charge in [0.1, 0.15) is 17.7 Å². The smallest absolute Gasteiger partial charge is 0.408 e.